The van der Waals surface area contributed by atoms with Crippen molar-refractivity contribution in [2.75, 3.05) is 0 Å². The average Bonchev–Trinajstić information content (AvgIpc) is 2.90. The van der Waals surface area contributed by atoms with E-state index < -0.39 is 17.9 Å². The van der Waals surface area contributed by atoms with Crippen LogP contribution in [0.15, 0.2) is 40.9 Å². The van der Waals surface area contributed by atoms with E-state index in [2.05, 4.69) is 10.5 Å². The minimum atomic E-state index is -1.07. The minimum Gasteiger partial charge on any atom is -0.480 e. The Morgan fingerprint density at radius 2 is 2.05 bits per heavy atom. The molecule has 6 heteroatoms. The van der Waals surface area contributed by atoms with Crippen LogP contribution in [-0.2, 0) is 11.2 Å². The second-order valence-electron chi connectivity index (χ2n) is 4.72. The van der Waals surface area contributed by atoms with E-state index in [9.17, 15) is 14.7 Å². The lowest BCUT2D eigenvalue weighted by molar-refractivity contribution is -0.139. The summed E-state index contributed by atoms with van der Waals surface area (Å²) in [4.78, 5) is 23.1. The summed E-state index contributed by atoms with van der Waals surface area (Å²) in [5, 5.41) is 15.2. The van der Waals surface area contributed by atoms with Gasteiger partial charge in [-0.2, -0.15) is 0 Å². The van der Waals surface area contributed by atoms with E-state index in [0.29, 0.717) is 18.5 Å². The highest BCUT2D eigenvalue weighted by Gasteiger charge is 2.22. The number of benzene rings is 1. The maximum atomic E-state index is 11.9. The minimum absolute atomic E-state index is 0.0125. The van der Waals surface area contributed by atoms with E-state index >= 15 is 0 Å². The van der Waals surface area contributed by atoms with Crippen LogP contribution in [0.3, 0.4) is 0 Å². The Balaban J connectivity index is 1.96. The molecule has 0 bridgehead atoms. The van der Waals surface area contributed by atoms with Gasteiger partial charge in [0.2, 0.25) is 5.76 Å². The topological polar surface area (TPSA) is 92.4 Å². The monoisotopic (exact) mass is 288 g/mol. The van der Waals surface area contributed by atoms with Gasteiger partial charge in [-0.05, 0) is 25.3 Å². The Morgan fingerprint density at radius 3 is 2.62 bits per heavy atom. The molecule has 2 rings (SSSR count). The summed E-state index contributed by atoms with van der Waals surface area (Å²) < 4.78 is 4.81. The average molecular weight is 288 g/mol. The second-order valence-corrected chi connectivity index (χ2v) is 4.72. The molecule has 1 atom stereocenters. The molecule has 1 aromatic carbocycles. The molecule has 0 radical (unpaired) electrons. The SMILES string of the molecule is Cc1cc(C(=O)N[C@@H](CCc2ccccc2)C(=O)O)on1. The molecule has 1 amide bonds. The van der Waals surface area contributed by atoms with Gasteiger partial charge in [0.1, 0.15) is 6.04 Å². The molecule has 2 aromatic rings. The number of aliphatic carboxylic acids is 1. The Hall–Kier alpha value is -2.63. The van der Waals surface area contributed by atoms with Gasteiger partial charge in [-0.25, -0.2) is 4.79 Å². The van der Waals surface area contributed by atoms with Crippen molar-refractivity contribution in [3.05, 3.63) is 53.4 Å². The van der Waals surface area contributed by atoms with E-state index in [1.807, 2.05) is 30.3 Å². The number of nitrogens with one attached hydrogen (secondary N) is 1. The number of aromatic nitrogens is 1. The summed E-state index contributed by atoms with van der Waals surface area (Å²) in [6.07, 6.45) is 0.867. The highest BCUT2D eigenvalue weighted by molar-refractivity contribution is 5.94. The van der Waals surface area contributed by atoms with E-state index in [-0.39, 0.29) is 5.76 Å². The summed E-state index contributed by atoms with van der Waals surface area (Å²) in [6.45, 7) is 1.68. The number of carboxylic acid groups (broad SMARTS) is 1. The molecular formula is C15H16N2O4. The smallest absolute Gasteiger partial charge is 0.326 e. The first-order chi connectivity index (χ1) is 10.1. The number of nitrogens with zero attached hydrogens (tertiary/aromatic N) is 1. The molecule has 0 saturated carbocycles. The van der Waals surface area contributed by atoms with Crippen molar-refractivity contribution in [2.24, 2.45) is 0 Å². The summed E-state index contributed by atoms with van der Waals surface area (Å²) in [5.41, 5.74) is 1.59. The van der Waals surface area contributed by atoms with E-state index in [4.69, 9.17) is 4.52 Å². The number of hydrogen-bond acceptors (Lipinski definition) is 4. The first kappa shape index (κ1) is 14.8. The number of hydrogen-bond donors (Lipinski definition) is 2. The van der Waals surface area contributed by atoms with Crippen molar-refractivity contribution in [3.8, 4) is 0 Å². The van der Waals surface area contributed by atoms with Gasteiger partial charge in [-0.1, -0.05) is 35.5 Å². The molecule has 0 spiro atoms. The Kier molecular flexibility index (Phi) is 4.71. The standard InChI is InChI=1S/C15H16N2O4/c1-10-9-13(21-17-10)14(18)16-12(15(19)20)8-7-11-5-3-2-4-6-11/h2-6,9,12H,7-8H2,1H3,(H,16,18)(H,19,20)/t12-/m0/s1. The van der Waals surface area contributed by atoms with Gasteiger partial charge in [0.15, 0.2) is 0 Å². The summed E-state index contributed by atoms with van der Waals surface area (Å²) in [7, 11) is 0. The van der Waals surface area contributed by atoms with Crippen LogP contribution in [0, 0.1) is 6.92 Å². The van der Waals surface area contributed by atoms with Crippen molar-refractivity contribution in [1.82, 2.24) is 10.5 Å². The van der Waals surface area contributed by atoms with E-state index in [1.165, 1.54) is 6.07 Å². The van der Waals surface area contributed by atoms with Crippen molar-refractivity contribution < 1.29 is 19.2 Å². The Morgan fingerprint density at radius 1 is 1.33 bits per heavy atom. The highest BCUT2D eigenvalue weighted by atomic mass is 16.5. The van der Waals surface area contributed by atoms with Crippen LogP contribution in [0.5, 0.6) is 0 Å². The molecule has 0 saturated heterocycles. The lowest BCUT2D eigenvalue weighted by Crippen LogP contribution is -2.41. The van der Waals surface area contributed by atoms with Crippen LogP contribution in [0.1, 0.15) is 28.2 Å². The number of carbonyl (C=O) groups is 2. The molecule has 0 aliphatic carbocycles. The maximum Gasteiger partial charge on any atom is 0.326 e. The molecule has 110 valence electrons. The first-order valence-corrected chi connectivity index (χ1v) is 6.57. The zero-order valence-electron chi connectivity index (χ0n) is 11.6. The zero-order valence-corrected chi connectivity index (χ0v) is 11.6. The fourth-order valence-corrected chi connectivity index (χ4v) is 1.91. The fraction of sp³-hybridized carbons (Fsp3) is 0.267. The highest BCUT2D eigenvalue weighted by Crippen LogP contribution is 2.07. The van der Waals surface area contributed by atoms with Gasteiger partial charge in [-0.15, -0.1) is 0 Å². The molecular weight excluding hydrogens is 272 g/mol. The molecule has 21 heavy (non-hydrogen) atoms. The van der Waals surface area contributed by atoms with Gasteiger partial charge < -0.3 is 14.9 Å². The quantitative estimate of drug-likeness (QED) is 0.845. The van der Waals surface area contributed by atoms with E-state index in [1.54, 1.807) is 6.92 Å². The number of carboxylic acids is 1. The van der Waals surface area contributed by atoms with Gasteiger partial charge >= 0.3 is 5.97 Å². The number of amides is 1. The lowest BCUT2D eigenvalue weighted by Gasteiger charge is -2.13. The largest absolute Gasteiger partial charge is 0.480 e. The molecule has 6 nitrogen and oxygen atoms in total. The fourth-order valence-electron chi connectivity index (χ4n) is 1.91. The summed E-state index contributed by atoms with van der Waals surface area (Å²) in [5.74, 6) is -1.63. The van der Waals surface area contributed by atoms with Crippen LogP contribution >= 0.6 is 0 Å². The van der Waals surface area contributed by atoms with Crippen LogP contribution in [0.2, 0.25) is 0 Å². The molecule has 2 N–H and O–H groups in total. The van der Waals surface area contributed by atoms with Gasteiger partial charge in [0.05, 0.1) is 5.69 Å². The lowest BCUT2D eigenvalue weighted by atomic mass is 10.1. The van der Waals surface area contributed by atoms with Gasteiger partial charge in [0.25, 0.3) is 5.91 Å². The van der Waals surface area contributed by atoms with Crippen molar-refractivity contribution in [3.63, 3.8) is 0 Å². The zero-order chi connectivity index (χ0) is 15.2. The van der Waals surface area contributed by atoms with Crippen LogP contribution < -0.4 is 5.32 Å². The number of aryl methyl sites for hydroxylation is 2. The molecule has 0 aliphatic rings. The molecule has 1 heterocycles. The predicted octanol–water partition coefficient (Wildman–Crippen LogP) is 1.80. The third-order valence-corrected chi connectivity index (χ3v) is 3.02. The van der Waals surface area contributed by atoms with Crippen molar-refractivity contribution in [2.45, 2.75) is 25.8 Å². The third-order valence-electron chi connectivity index (χ3n) is 3.02. The normalized spacial score (nSPS) is 11.9. The Labute approximate surface area is 121 Å². The molecule has 0 fully saturated rings. The molecule has 0 aliphatic heterocycles. The molecule has 1 aromatic heterocycles. The molecule has 0 unspecified atom stereocenters. The number of carbonyl (C=O) groups excluding carboxylic acids is 1. The van der Waals surface area contributed by atoms with E-state index in [0.717, 1.165) is 5.56 Å². The Bertz CT molecular complexity index is 622. The second kappa shape index (κ2) is 6.69. The summed E-state index contributed by atoms with van der Waals surface area (Å²) >= 11 is 0. The van der Waals surface area contributed by atoms with Crippen molar-refractivity contribution >= 4 is 11.9 Å². The maximum absolute atomic E-state index is 11.9. The van der Waals surface area contributed by atoms with Crippen LogP contribution in [0.25, 0.3) is 0 Å². The van der Waals surface area contributed by atoms with Crippen molar-refractivity contribution in [1.29, 1.82) is 0 Å². The summed E-state index contributed by atoms with van der Waals surface area (Å²) in [6, 6.07) is 10.0. The van der Waals surface area contributed by atoms with Crippen LogP contribution in [-0.4, -0.2) is 28.2 Å². The predicted molar refractivity (Wildman–Crippen MR) is 74.9 cm³/mol. The van der Waals surface area contributed by atoms with Crippen LogP contribution in [0.4, 0.5) is 0 Å². The third kappa shape index (κ3) is 4.17. The number of rotatable bonds is 6. The van der Waals surface area contributed by atoms with Gasteiger partial charge in [0, 0.05) is 6.07 Å². The first-order valence-electron chi connectivity index (χ1n) is 6.57. The van der Waals surface area contributed by atoms with Gasteiger partial charge in [-0.3, -0.25) is 4.79 Å².